The number of halogens is 1. The van der Waals surface area contributed by atoms with E-state index in [0.717, 1.165) is 47.1 Å². The van der Waals surface area contributed by atoms with Crippen molar-refractivity contribution in [3.05, 3.63) is 70.2 Å². The lowest BCUT2D eigenvalue weighted by Crippen LogP contribution is -2.13. The van der Waals surface area contributed by atoms with Crippen LogP contribution in [0.25, 0.3) is 44.6 Å². The fourth-order valence-corrected chi connectivity index (χ4v) is 4.48. The second-order valence-corrected chi connectivity index (χ2v) is 8.52. The predicted octanol–water partition coefficient (Wildman–Crippen LogP) is 6.41. The van der Waals surface area contributed by atoms with Crippen LogP contribution in [0.15, 0.2) is 48.5 Å². The molecule has 0 aliphatic rings. The van der Waals surface area contributed by atoms with Crippen molar-refractivity contribution in [2.45, 2.75) is 33.7 Å². The molecule has 0 unspecified atom stereocenters. The molecular weight excluding hydrogens is 418 g/mol. The van der Waals surface area contributed by atoms with Crippen molar-refractivity contribution in [3.63, 3.8) is 0 Å². The van der Waals surface area contributed by atoms with Gasteiger partial charge in [-0.2, -0.15) is 5.10 Å². The van der Waals surface area contributed by atoms with Crippen LogP contribution in [0.2, 0.25) is 5.02 Å². The summed E-state index contributed by atoms with van der Waals surface area (Å²) in [5, 5.41) is 12.9. The molecule has 0 atom stereocenters. The van der Waals surface area contributed by atoms with Crippen LogP contribution >= 0.6 is 11.6 Å². The Balaban J connectivity index is 1.65. The summed E-state index contributed by atoms with van der Waals surface area (Å²) in [5.41, 5.74) is 9.88. The minimum atomic E-state index is 0.630. The van der Waals surface area contributed by atoms with Crippen molar-refractivity contribution >= 4 is 33.5 Å². The summed E-state index contributed by atoms with van der Waals surface area (Å²) < 4.78 is 0. The van der Waals surface area contributed by atoms with E-state index in [9.17, 15) is 0 Å². The molecule has 32 heavy (non-hydrogen) atoms. The molecule has 3 N–H and O–H groups in total. The quantitative estimate of drug-likeness (QED) is 0.284. The highest BCUT2D eigenvalue weighted by Crippen LogP contribution is 2.34. The minimum absolute atomic E-state index is 0.630. The number of fused-ring (bicyclic) bond motifs is 2. The number of H-pyrrole nitrogens is 2. The first-order chi connectivity index (χ1) is 15.6. The molecule has 3 aromatic carbocycles. The Hall–Kier alpha value is -3.15. The number of para-hydroxylation sites is 1. The molecule has 0 fully saturated rings. The number of aryl methyl sites for hydroxylation is 1. The van der Waals surface area contributed by atoms with Gasteiger partial charge in [0.1, 0.15) is 11.2 Å². The monoisotopic (exact) mass is 443 g/mol. The summed E-state index contributed by atoms with van der Waals surface area (Å²) in [6, 6.07) is 16.8. The Morgan fingerprint density at radius 1 is 1.03 bits per heavy atom. The first-order valence-corrected chi connectivity index (χ1v) is 11.4. The lowest BCUT2D eigenvalue weighted by Gasteiger charge is -2.15. The van der Waals surface area contributed by atoms with Crippen LogP contribution in [-0.2, 0) is 13.0 Å². The van der Waals surface area contributed by atoms with E-state index in [2.05, 4.69) is 71.6 Å². The fraction of sp³-hybridized carbons (Fsp3) is 0.231. The molecule has 0 saturated heterocycles. The molecule has 0 radical (unpaired) electrons. The summed E-state index contributed by atoms with van der Waals surface area (Å²) in [6.07, 6.45) is 1.01. The van der Waals surface area contributed by atoms with E-state index in [1.54, 1.807) is 0 Å². The van der Waals surface area contributed by atoms with Gasteiger partial charge in [-0.15, -0.1) is 0 Å². The van der Waals surface area contributed by atoms with Gasteiger partial charge in [0.25, 0.3) is 0 Å². The molecule has 0 bridgehead atoms. The van der Waals surface area contributed by atoms with Gasteiger partial charge in [0.15, 0.2) is 5.82 Å². The van der Waals surface area contributed by atoms with Gasteiger partial charge in [-0.05, 0) is 72.0 Å². The van der Waals surface area contributed by atoms with Crippen molar-refractivity contribution < 1.29 is 0 Å². The standard InChI is InChI=1S/C26H26ClN5/c1-4-16-11-18(14-28-5-2)15(3)19(12-16)17-9-10-22-20(13-17)24(32-31-22)26-29-23-8-6-7-21(27)25(23)30-26/h6-13,28H,4-5,14H2,1-3H3,(H,29,30)(H,31,32). The third kappa shape index (κ3) is 3.57. The van der Waals surface area contributed by atoms with Crippen LogP contribution in [0, 0.1) is 6.92 Å². The van der Waals surface area contributed by atoms with Gasteiger partial charge in [-0.1, -0.05) is 49.7 Å². The average molecular weight is 444 g/mol. The highest BCUT2D eigenvalue weighted by atomic mass is 35.5. The summed E-state index contributed by atoms with van der Waals surface area (Å²) >= 11 is 6.34. The van der Waals surface area contributed by atoms with Crippen LogP contribution in [-0.4, -0.2) is 26.7 Å². The number of rotatable bonds is 6. The van der Waals surface area contributed by atoms with E-state index in [1.165, 1.54) is 27.8 Å². The molecule has 0 saturated carbocycles. The second kappa shape index (κ2) is 8.41. The Morgan fingerprint density at radius 3 is 2.69 bits per heavy atom. The summed E-state index contributed by atoms with van der Waals surface area (Å²) in [7, 11) is 0. The lowest BCUT2D eigenvalue weighted by molar-refractivity contribution is 0.723. The number of hydrogen-bond acceptors (Lipinski definition) is 3. The second-order valence-electron chi connectivity index (χ2n) is 8.12. The maximum Gasteiger partial charge on any atom is 0.159 e. The molecule has 0 spiro atoms. The van der Waals surface area contributed by atoms with Gasteiger partial charge in [0.05, 0.1) is 16.1 Å². The highest BCUT2D eigenvalue weighted by Gasteiger charge is 2.16. The lowest BCUT2D eigenvalue weighted by atomic mass is 9.92. The Bertz CT molecular complexity index is 1430. The third-order valence-corrected chi connectivity index (χ3v) is 6.42. The molecule has 6 heteroatoms. The number of imidazole rings is 1. The largest absolute Gasteiger partial charge is 0.337 e. The van der Waals surface area contributed by atoms with E-state index in [-0.39, 0.29) is 0 Å². The van der Waals surface area contributed by atoms with Crippen LogP contribution in [0.5, 0.6) is 0 Å². The number of aromatic nitrogens is 4. The molecule has 5 nitrogen and oxygen atoms in total. The van der Waals surface area contributed by atoms with Crippen LogP contribution in [0.3, 0.4) is 0 Å². The zero-order chi connectivity index (χ0) is 22.2. The molecule has 0 amide bonds. The van der Waals surface area contributed by atoms with E-state index in [4.69, 9.17) is 16.6 Å². The topological polar surface area (TPSA) is 69.4 Å². The van der Waals surface area contributed by atoms with Crippen molar-refractivity contribution in [2.24, 2.45) is 0 Å². The zero-order valence-electron chi connectivity index (χ0n) is 18.5. The van der Waals surface area contributed by atoms with E-state index in [0.29, 0.717) is 10.8 Å². The van der Waals surface area contributed by atoms with Gasteiger partial charge in [-0.3, -0.25) is 5.10 Å². The predicted molar refractivity (Wildman–Crippen MR) is 133 cm³/mol. The van der Waals surface area contributed by atoms with Gasteiger partial charge in [0, 0.05) is 11.9 Å². The molecule has 162 valence electrons. The first-order valence-electron chi connectivity index (χ1n) is 11.0. The van der Waals surface area contributed by atoms with Crippen LogP contribution < -0.4 is 5.32 Å². The Labute approximate surface area is 192 Å². The molecule has 0 aliphatic heterocycles. The Morgan fingerprint density at radius 2 is 1.91 bits per heavy atom. The zero-order valence-corrected chi connectivity index (χ0v) is 19.3. The number of nitrogens with one attached hydrogen (secondary N) is 3. The summed E-state index contributed by atoms with van der Waals surface area (Å²) in [6.45, 7) is 8.39. The van der Waals surface area contributed by atoms with Gasteiger partial charge in [-0.25, -0.2) is 4.98 Å². The van der Waals surface area contributed by atoms with E-state index >= 15 is 0 Å². The number of nitrogens with zero attached hydrogens (tertiary/aromatic N) is 2. The molecule has 0 aliphatic carbocycles. The first kappa shape index (κ1) is 20.7. The SMILES string of the molecule is CCNCc1cc(CC)cc(-c2ccc3[nH]nc(-c4nc5c(Cl)cccc5[nH]4)c3c2)c1C. The third-order valence-electron chi connectivity index (χ3n) is 6.11. The minimum Gasteiger partial charge on any atom is -0.337 e. The number of hydrogen-bond donors (Lipinski definition) is 3. The van der Waals surface area contributed by atoms with Crippen LogP contribution in [0.1, 0.15) is 30.5 Å². The smallest absolute Gasteiger partial charge is 0.159 e. The van der Waals surface area contributed by atoms with E-state index in [1.807, 2.05) is 18.2 Å². The summed E-state index contributed by atoms with van der Waals surface area (Å²) in [5.74, 6) is 0.711. The van der Waals surface area contributed by atoms with Crippen LogP contribution in [0.4, 0.5) is 0 Å². The number of aromatic amines is 2. The van der Waals surface area contributed by atoms with Gasteiger partial charge < -0.3 is 10.3 Å². The highest BCUT2D eigenvalue weighted by molar-refractivity contribution is 6.35. The summed E-state index contributed by atoms with van der Waals surface area (Å²) in [4.78, 5) is 8.09. The van der Waals surface area contributed by atoms with Crippen molar-refractivity contribution in [1.82, 2.24) is 25.5 Å². The van der Waals surface area contributed by atoms with E-state index < -0.39 is 0 Å². The molecule has 2 aromatic heterocycles. The fourth-order valence-electron chi connectivity index (χ4n) is 4.26. The maximum absolute atomic E-state index is 6.34. The molecule has 5 aromatic rings. The number of benzene rings is 3. The molecule has 2 heterocycles. The van der Waals surface area contributed by atoms with Gasteiger partial charge >= 0.3 is 0 Å². The van der Waals surface area contributed by atoms with Crippen molar-refractivity contribution in [1.29, 1.82) is 0 Å². The maximum atomic E-state index is 6.34. The Kier molecular flexibility index (Phi) is 5.45. The van der Waals surface area contributed by atoms with Gasteiger partial charge in [0.2, 0.25) is 0 Å². The average Bonchev–Trinajstić information content (AvgIpc) is 3.42. The molecular formula is C26H26ClN5. The van der Waals surface area contributed by atoms with Crippen molar-refractivity contribution in [2.75, 3.05) is 6.54 Å². The normalized spacial score (nSPS) is 11.6. The molecule has 5 rings (SSSR count). The van der Waals surface area contributed by atoms with Crippen molar-refractivity contribution in [3.8, 4) is 22.6 Å².